The van der Waals surface area contributed by atoms with Gasteiger partial charge in [0.15, 0.2) is 0 Å². The summed E-state index contributed by atoms with van der Waals surface area (Å²) in [4.78, 5) is 18.3. The van der Waals surface area contributed by atoms with Crippen LogP contribution in [-0.4, -0.2) is 30.6 Å². The predicted octanol–water partition coefficient (Wildman–Crippen LogP) is 3.32. The molecule has 0 spiro atoms. The number of carbonyl (C=O) groups is 1. The summed E-state index contributed by atoms with van der Waals surface area (Å²) in [5.41, 5.74) is 1.18. The number of nitrogens with zero attached hydrogens (tertiary/aromatic N) is 2. The summed E-state index contributed by atoms with van der Waals surface area (Å²) >= 11 is 3.44. The van der Waals surface area contributed by atoms with E-state index < -0.39 is 0 Å². The molecule has 20 heavy (non-hydrogen) atoms. The first-order chi connectivity index (χ1) is 9.60. The van der Waals surface area contributed by atoms with Gasteiger partial charge in [0.25, 0.3) is 0 Å². The highest BCUT2D eigenvalue weighted by molar-refractivity contribution is 9.10. The minimum Gasteiger partial charge on any atom is -0.466 e. The largest absolute Gasteiger partial charge is 0.466 e. The lowest BCUT2D eigenvalue weighted by Gasteiger charge is -2.33. The van der Waals surface area contributed by atoms with E-state index in [0.717, 1.165) is 36.2 Å². The van der Waals surface area contributed by atoms with Crippen LogP contribution in [0, 0.1) is 12.8 Å². The van der Waals surface area contributed by atoms with Crippen molar-refractivity contribution >= 4 is 27.7 Å². The van der Waals surface area contributed by atoms with E-state index in [1.807, 2.05) is 13.1 Å². The van der Waals surface area contributed by atoms with Gasteiger partial charge in [-0.2, -0.15) is 0 Å². The first-order valence-corrected chi connectivity index (χ1v) is 7.92. The van der Waals surface area contributed by atoms with Crippen molar-refractivity contribution in [1.29, 1.82) is 0 Å². The second-order valence-corrected chi connectivity index (χ2v) is 6.15. The smallest absolute Gasteiger partial charge is 0.306 e. The molecule has 1 aromatic heterocycles. The van der Waals surface area contributed by atoms with Crippen molar-refractivity contribution in [3.63, 3.8) is 0 Å². The molecule has 2 rings (SSSR count). The molecule has 0 aromatic carbocycles. The van der Waals surface area contributed by atoms with Crippen molar-refractivity contribution in [3.8, 4) is 0 Å². The molecule has 110 valence electrons. The van der Waals surface area contributed by atoms with Crippen LogP contribution in [0.1, 0.15) is 31.7 Å². The molecule has 0 atom stereocenters. The maximum Gasteiger partial charge on any atom is 0.306 e. The van der Waals surface area contributed by atoms with E-state index >= 15 is 0 Å². The summed E-state index contributed by atoms with van der Waals surface area (Å²) in [6, 6.07) is 2.09. The minimum atomic E-state index is -0.0658. The fourth-order valence-corrected chi connectivity index (χ4v) is 3.11. The zero-order valence-corrected chi connectivity index (χ0v) is 13.6. The number of aromatic nitrogens is 1. The lowest BCUT2D eigenvalue weighted by molar-refractivity contribution is -0.144. The molecule has 2 heterocycles. The summed E-state index contributed by atoms with van der Waals surface area (Å²) in [5.74, 6) is 1.44. The molecule has 0 radical (unpaired) electrons. The Morgan fingerprint density at radius 3 is 2.80 bits per heavy atom. The van der Waals surface area contributed by atoms with Crippen LogP contribution in [0.15, 0.2) is 16.7 Å². The van der Waals surface area contributed by atoms with Gasteiger partial charge in [-0.05, 0) is 60.2 Å². The van der Waals surface area contributed by atoms with Crippen LogP contribution in [0.25, 0.3) is 0 Å². The SMILES string of the molecule is CCOC(=O)CC1CCN(c2ncc(Br)cc2C)CC1. The summed E-state index contributed by atoms with van der Waals surface area (Å²) in [6.07, 6.45) is 4.44. The monoisotopic (exact) mass is 340 g/mol. The summed E-state index contributed by atoms with van der Waals surface area (Å²) in [6.45, 7) is 6.32. The third-order valence-electron chi connectivity index (χ3n) is 3.69. The Labute approximate surface area is 128 Å². The standard InChI is InChI=1S/C15H21BrN2O2/c1-3-20-14(19)9-12-4-6-18(7-5-12)15-11(2)8-13(16)10-17-15/h8,10,12H,3-7,9H2,1-2H3. The number of anilines is 1. The number of hydrogen-bond donors (Lipinski definition) is 0. The van der Waals surface area contributed by atoms with Crippen LogP contribution in [0.2, 0.25) is 0 Å². The van der Waals surface area contributed by atoms with Crippen LogP contribution in [-0.2, 0) is 9.53 Å². The Balaban J connectivity index is 1.89. The van der Waals surface area contributed by atoms with Gasteiger partial charge in [-0.3, -0.25) is 4.79 Å². The normalized spacial score (nSPS) is 16.2. The number of halogens is 1. The molecule has 4 nitrogen and oxygen atoms in total. The van der Waals surface area contributed by atoms with Crippen molar-refractivity contribution in [2.45, 2.75) is 33.1 Å². The highest BCUT2D eigenvalue weighted by Gasteiger charge is 2.23. The maximum atomic E-state index is 11.5. The maximum absolute atomic E-state index is 11.5. The molecular weight excluding hydrogens is 320 g/mol. The number of carbonyl (C=O) groups excluding carboxylic acids is 1. The van der Waals surface area contributed by atoms with Gasteiger partial charge in [0.1, 0.15) is 5.82 Å². The summed E-state index contributed by atoms with van der Waals surface area (Å²) in [7, 11) is 0. The Morgan fingerprint density at radius 2 is 2.20 bits per heavy atom. The van der Waals surface area contributed by atoms with Crippen LogP contribution >= 0.6 is 15.9 Å². The molecule has 1 saturated heterocycles. The fraction of sp³-hybridized carbons (Fsp3) is 0.600. The second kappa shape index (κ2) is 7.07. The number of esters is 1. The third kappa shape index (κ3) is 3.95. The molecule has 1 aliphatic rings. The molecule has 5 heteroatoms. The summed E-state index contributed by atoms with van der Waals surface area (Å²) < 4.78 is 6.03. The molecule has 0 N–H and O–H groups in total. The molecule has 0 unspecified atom stereocenters. The highest BCUT2D eigenvalue weighted by Crippen LogP contribution is 2.27. The number of ether oxygens (including phenoxy) is 1. The number of rotatable bonds is 4. The van der Waals surface area contributed by atoms with Crippen molar-refractivity contribution in [3.05, 3.63) is 22.3 Å². The molecule has 1 aliphatic heterocycles. The molecule has 0 bridgehead atoms. The molecule has 0 aliphatic carbocycles. The van der Waals surface area contributed by atoms with Crippen molar-refractivity contribution < 1.29 is 9.53 Å². The van der Waals surface area contributed by atoms with Crippen LogP contribution in [0.4, 0.5) is 5.82 Å². The van der Waals surface area contributed by atoms with Gasteiger partial charge >= 0.3 is 5.97 Å². The van der Waals surface area contributed by atoms with Crippen molar-refractivity contribution in [2.24, 2.45) is 5.92 Å². The quantitative estimate of drug-likeness (QED) is 0.788. The Bertz CT molecular complexity index is 471. The molecule has 0 amide bonds. The van der Waals surface area contributed by atoms with E-state index in [0.29, 0.717) is 18.9 Å². The first kappa shape index (κ1) is 15.3. The lowest BCUT2D eigenvalue weighted by Crippen LogP contribution is -2.35. The third-order valence-corrected chi connectivity index (χ3v) is 4.13. The lowest BCUT2D eigenvalue weighted by atomic mass is 9.93. The Kier molecular flexibility index (Phi) is 5.40. The summed E-state index contributed by atoms with van der Waals surface area (Å²) in [5, 5.41) is 0. The molecular formula is C15H21BrN2O2. The topological polar surface area (TPSA) is 42.4 Å². The minimum absolute atomic E-state index is 0.0658. The van der Waals surface area contributed by atoms with Crippen molar-refractivity contribution in [2.75, 3.05) is 24.6 Å². The van der Waals surface area contributed by atoms with Gasteiger partial charge < -0.3 is 9.64 Å². The first-order valence-electron chi connectivity index (χ1n) is 7.13. The van der Waals surface area contributed by atoms with Gasteiger partial charge in [0, 0.05) is 30.2 Å². The second-order valence-electron chi connectivity index (χ2n) is 5.23. The Hall–Kier alpha value is -1.10. The van der Waals surface area contributed by atoms with E-state index in [9.17, 15) is 4.79 Å². The number of pyridine rings is 1. The average Bonchev–Trinajstić information content (AvgIpc) is 2.40. The predicted molar refractivity (Wildman–Crippen MR) is 82.9 cm³/mol. The number of hydrogen-bond acceptors (Lipinski definition) is 4. The van der Waals surface area contributed by atoms with E-state index in [1.165, 1.54) is 5.56 Å². The van der Waals surface area contributed by atoms with Crippen LogP contribution < -0.4 is 4.90 Å². The fourth-order valence-electron chi connectivity index (χ4n) is 2.67. The van der Waals surface area contributed by atoms with E-state index in [-0.39, 0.29) is 5.97 Å². The van der Waals surface area contributed by atoms with Gasteiger partial charge in [-0.25, -0.2) is 4.98 Å². The van der Waals surface area contributed by atoms with Crippen LogP contribution in [0.5, 0.6) is 0 Å². The highest BCUT2D eigenvalue weighted by atomic mass is 79.9. The van der Waals surface area contributed by atoms with E-state index in [4.69, 9.17) is 4.74 Å². The Morgan fingerprint density at radius 1 is 1.50 bits per heavy atom. The number of aryl methyl sites for hydroxylation is 1. The van der Waals surface area contributed by atoms with Gasteiger partial charge in [-0.1, -0.05) is 0 Å². The molecule has 0 saturated carbocycles. The van der Waals surface area contributed by atoms with Gasteiger partial charge in [0.2, 0.25) is 0 Å². The molecule has 1 fully saturated rings. The van der Waals surface area contributed by atoms with Gasteiger partial charge in [-0.15, -0.1) is 0 Å². The van der Waals surface area contributed by atoms with Crippen molar-refractivity contribution in [1.82, 2.24) is 4.98 Å². The molecule has 1 aromatic rings. The zero-order chi connectivity index (χ0) is 14.5. The van der Waals surface area contributed by atoms with Crippen LogP contribution in [0.3, 0.4) is 0 Å². The number of piperidine rings is 1. The van der Waals surface area contributed by atoms with E-state index in [2.05, 4.69) is 38.8 Å². The average molecular weight is 341 g/mol. The van der Waals surface area contributed by atoms with Gasteiger partial charge in [0.05, 0.1) is 6.61 Å². The van der Waals surface area contributed by atoms with E-state index in [1.54, 1.807) is 0 Å². The zero-order valence-electron chi connectivity index (χ0n) is 12.1.